The second-order valence-electron chi connectivity index (χ2n) is 9.60. The number of nitrogens with zero attached hydrogens (tertiary/aromatic N) is 4. The maximum atomic E-state index is 13.5. The number of rotatable bonds is 8. The first-order chi connectivity index (χ1) is 19.6. The number of methoxy groups -OCH3 is 2. The highest BCUT2D eigenvalue weighted by molar-refractivity contribution is 5.98. The monoisotopic (exact) mass is 536 g/mol. The van der Waals surface area contributed by atoms with Gasteiger partial charge in [0.1, 0.15) is 17.6 Å². The molecule has 5 aromatic rings. The van der Waals surface area contributed by atoms with Gasteiger partial charge in [-0.05, 0) is 55.2 Å². The number of ether oxygens (including phenoxy) is 3. The van der Waals surface area contributed by atoms with Crippen LogP contribution in [0.2, 0.25) is 0 Å². The van der Waals surface area contributed by atoms with Crippen LogP contribution in [0.3, 0.4) is 0 Å². The fraction of sp³-hybridized carbons (Fsp3) is 0.226. The van der Waals surface area contributed by atoms with Crippen molar-refractivity contribution in [3.05, 3.63) is 100 Å². The van der Waals surface area contributed by atoms with E-state index in [1.807, 2.05) is 47.1 Å². The molecule has 1 aliphatic rings. The molecule has 9 nitrogen and oxygen atoms in total. The lowest BCUT2D eigenvalue weighted by molar-refractivity contribution is 0.0990. The van der Waals surface area contributed by atoms with E-state index in [1.54, 1.807) is 43.2 Å². The van der Waals surface area contributed by atoms with Crippen molar-refractivity contribution >= 4 is 16.7 Å². The van der Waals surface area contributed by atoms with Gasteiger partial charge in [-0.2, -0.15) is 0 Å². The van der Waals surface area contributed by atoms with E-state index in [0.29, 0.717) is 46.0 Å². The molecule has 2 aromatic heterocycles. The quantitative estimate of drug-likeness (QED) is 0.253. The summed E-state index contributed by atoms with van der Waals surface area (Å²) in [5, 5.41) is 0.674. The van der Waals surface area contributed by atoms with Crippen LogP contribution in [0.1, 0.15) is 34.5 Å². The molecule has 6 rings (SSSR count). The number of carbonyl (C=O) groups excluding carboxylic acids is 1. The van der Waals surface area contributed by atoms with E-state index in [9.17, 15) is 9.59 Å². The lowest BCUT2D eigenvalue weighted by Gasteiger charge is -2.19. The molecule has 0 saturated carbocycles. The van der Waals surface area contributed by atoms with E-state index in [2.05, 4.69) is 9.97 Å². The zero-order valence-corrected chi connectivity index (χ0v) is 22.3. The number of fused-ring (bicyclic) bond motifs is 2. The van der Waals surface area contributed by atoms with Crippen molar-refractivity contribution in [1.82, 2.24) is 19.3 Å². The maximum absolute atomic E-state index is 13.5. The minimum atomic E-state index is -0.254. The van der Waals surface area contributed by atoms with Crippen LogP contribution in [0.5, 0.6) is 23.1 Å². The Morgan fingerprint density at radius 2 is 1.68 bits per heavy atom. The van der Waals surface area contributed by atoms with Gasteiger partial charge in [0.2, 0.25) is 5.88 Å². The SMILES string of the molecule is COc1cc2ncnc(Oc3ccc(CC(=O)c4c5n(n(-c6ccccc6)c4=O)CCCC5)cc3)c2cc1OC. The lowest BCUT2D eigenvalue weighted by Crippen LogP contribution is -2.24. The predicted octanol–water partition coefficient (Wildman–Crippen LogP) is 5.15. The summed E-state index contributed by atoms with van der Waals surface area (Å²) in [6.07, 6.45) is 4.20. The molecule has 3 aromatic carbocycles. The van der Waals surface area contributed by atoms with Crippen molar-refractivity contribution in [3.8, 4) is 28.8 Å². The molecule has 0 bridgehead atoms. The third-order valence-electron chi connectivity index (χ3n) is 7.17. The van der Waals surface area contributed by atoms with E-state index >= 15 is 0 Å². The zero-order chi connectivity index (χ0) is 27.6. The van der Waals surface area contributed by atoms with E-state index in [0.717, 1.165) is 36.3 Å². The van der Waals surface area contributed by atoms with Crippen LogP contribution in [0, 0.1) is 0 Å². The molecule has 0 unspecified atom stereocenters. The topological polar surface area (TPSA) is 97.5 Å². The van der Waals surface area contributed by atoms with Crippen LogP contribution >= 0.6 is 0 Å². The molecule has 0 fully saturated rings. The van der Waals surface area contributed by atoms with Crippen LogP contribution < -0.4 is 19.8 Å². The number of ketones is 1. The average molecular weight is 537 g/mol. The number of hydrogen-bond acceptors (Lipinski definition) is 7. The molecule has 0 N–H and O–H groups in total. The Morgan fingerprint density at radius 3 is 2.42 bits per heavy atom. The van der Waals surface area contributed by atoms with Gasteiger partial charge < -0.3 is 14.2 Å². The summed E-state index contributed by atoms with van der Waals surface area (Å²) in [4.78, 5) is 35.6. The molecule has 0 aliphatic carbocycles. The highest BCUT2D eigenvalue weighted by Crippen LogP contribution is 2.35. The third-order valence-corrected chi connectivity index (χ3v) is 7.17. The van der Waals surface area contributed by atoms with Crippen LogP contribution in [0.4, 0.5) is 0 Å². The summed E-state index contributed by atoms with van der Waals surface area (Å²) in [5.74, 6) is 1.86. The molecule has 0 atom stereocenters. The van der Waals surface area contributed by atoms with Crippen LogP contribution in [0.15, 0.2) is 77.9 Å². The lowest BCUT2D eigenvalue weighted by atomic mass is 9.99. The smallest absolute Gasteiger partial charge is 0.282 e. The Hall–Kier alpha value is -4.92. The summed E-state index contributed by atoms with van der Waals surface area (Å²) in [7, 11) is 3.13. The van der Waals surface area contributed by atoms with Gasteiger partial charge in [0.25, 0.3) is 5.56 Å². The minimum absolute atomic E-state index is 0.120. The number of hydrogen-bond donors (Lipinski definition) is 0. The second kappa shape index (κ2) is 10.7. The Labute approximate surface area is 230 Å². The fourth-order valence-corrected chi connectivity index (χ4v) is 5.24. The first-order valence-corrected chi connectivity index (χ1v) is 13.1. The van der Waals surface area contributed by atoms with Crippen LogP contribution in [0.25, 0.3) is 16.6 Å². The van der Waals surface area contributed by atoms with Crippen molar-refractivity contribution in [3.63, 3.8) is 0 Å². The average Bonchev–Trinajstić information content (AvgIpc) is 3.29. The summed E-state index contributed by atoms with van der Waals surface area (Å²) in [6.45, 7) is 0.717. The molecule has 0 radical (unpaired) electrons. The molecular weight excluding hydrogens is 508 g/mol. The first-order valence-electron chi connectivity index (χ1n) is 13.1. The Kier molecular flexibility index (Phi) is 6.77. The third kappa shape index (κ3) is 4.59. The van der Waals surface area contributed by atoms with Gasteiger partial charge in [0.15, 0.2) is 17.3 Å². The van der Waals surface area contributed by atoms with Crippen molar-refractivity contribution in [2.24, 2.45) is 0 Å². The summed E-state index contributed by atoms with van der Waals surface area (Å²) >= 11 is 0. The summed E-state index contributed by atoms with van der Waals surface area (Å²) in [5.41, 5.74) is 3.08. The number of benzene rings is 3. The van der Waals surface area contributed by atoms with Gasteiger partial charge in [0.05, 0.1) is 36.5 Å². The molecule has 202 valence electrons. The Balaban J connectivity index is 1.25. The molecule has 40 heavy (non-hydrogen) atoms. The first kappa shape index (κ1) is 25.4. The number of carbonyl (C=O) groups is 1. The van der Waals surface area contributed by atoms with Crippen molar-refractivity contribution in [1.29, 1.82) is 0 Å². The standard InChI is InChI=1S/C31H28N4O5/c1-38-27-17-23-24(18-28(27)39-2)32-19-33-30(23)40-22-13-11-20(12-14-22)16-26(36)29-25-10-6-7-15-34(25)35(31(29)37)21-8-4-3-5-9-21/h3-5,8-9,11-14,17-19H,6-7,10,15-16H2,1-2H3. The van der Waals surface area contributed by atoms with Crippen LogP contribution in [-0.2, 0) is 19.4 Å². The summed E-state index contributed by atoms with van der Waals surface area (Å²) < 4.78 is 20.5. The highest BCUT2D eigenvalue weighted by atomic mass is 16.5. The molecule has 0 saturated heterocycles. The second-order valence-corrected chi connectivity index (χ2v) is 9.60. The van der Waals surface area contributed by atoms with E-state index < -0.39 is 0 Å². The van der Waals surface area contributed by atoms with Gasteiger partial charge in [-0.15, -0.1) is 0 Å². The molecule has 0 spiro atoms. The fourth-order valence-electron chi connectivity index (χ4n) is 5.24. The maximum Gasteiger partial charge on any atom is 0.282 e. The highest BCUT2D eigenvalue weighted by Gasteiger charge is 2.27. The van der Waals surface area contributed by atoms with Gasteiger partial charge in [-0.25, -0.2) is 14.6 Å². The van der Waals surface area contributed by atoms with Gasteiger partial charge in [-0.1, -0.05) is 30.3 Å². The minimum Gasteiger partial charge on any atom is -0.493 e. The molecular formula is C31H28N4O5. The summed E-state index contributed by atoms with van der Waals surface area (Å²) in [6, 6.07) is 20.3. The Morgan fingerprint density at radius 1 is 0.925 bits per heavy atom. The van der Waals surface area contributed by atoms with Gasteiger partial charge in [-0.3, -0.25) is 14.3 Å². The van der Waals surface area contributed by atoms with E-state index in [1.165, 1.54) is 6.33 Å². The number of Topliss-reactive ketones (excluding diaryl/α,β-unsaturated/α-hetero) is 1. The molecule has 9 heteroatoms. The largest absolute Gasteiger partial charge is 0.493 e. The van der Waals surface area contributed by atoms with Gasteiger partial charge >= 0.3 is 0 Å². The Bertz CT molecular complexity index is 1760. The number of para-hydroxylation sites is 1. The van der Waals surface area contributed by atoms with Crippen molar-refractivity contribution < 1.29 is 19.0 Å². The molecule has 0 amide bonds. The van der Waals surface area contributed by atoms with Crippen molar-refractivity contribution in [2.75, 3.05) is 14.2 Å². The predicted molar refractivity (Wildman–Crippen MR) is 150 cm³/mol. The van der Waals surface area contributed by atoms with Gasteiger partial charge in [0, 0.05) is 19.0 Å². The van der Waals surface area contributed by atoms with Crippen molar-refractivity contribution in [2.45, 2.75) is 32.2 Å². The molecule has 3 heterocycles. The van der Waals surface area contributed by atoms with Crippen LogP contribution in [-0.4, -0.2) is 39.3 Å². The van der Waals surface area contributed by atoms with E-state index in [-0.39, 0.29) is 17.8 Å². The normalized spacial score (nSPS) is 12.7. The molecule has 1 aliphatic heterocycles. The zero-order valence-electron chi connectivity index (χ0n) is 22.3. The number of aromatic nitrogens is 4. The van der Waals surface area contributed by atoms with E-state index in [4.69, 9.17) is 14.2 Å².